The molecule has 0 aliphatic rings. The summed E-state index contributed by atoms with van der Waals surface area (Å²) in [5.74, 6) is 0. The van der Waals surface area contributed by atoms with Crippen molar-refractivity contribution in [2.75, 3.05) is 6.54 Å². The van der Waals surface area contributed by atoms with Crippen molar-refractivity contribution in [2.24, 2.45) is 0 Å². The summed E-state index contributed by atoms with van der Waals surface area (Å²) in [6.07, 6.45) is 1.07. The summed E-state index contributed by atoms with van der Waals surface area (Å²) >= 11 is 0. The van der Waals surface area contributed by atoms with Gasteiger partial charge in [-0.25, -0.2) is 13.1 Å². The van der Waals surface area contributed by atoms with Crippen molar-refractivity contribution < 1.29 is 8.42 Å². The maximum Gasteiger partial charge on any atom is 0.240 e. The van der Waals surface area contributed by atoms with Gasteiger partial charge < -0.3 is 0 Å². The Kier molecular flexibility index (Phi) is 5.31. The molecule has 0 amide bonds. The van der Waals surface area contributed by atoms with E-state index in [-0.39, 0.29) is 17.9 Å². The summed E-state index contributed by atoms with van der Waals surface area (Å²) in [5.41, 5.74) is 0.779. The lowest BCUT2D eigenvalue weighted by Crippen LogP contribution is -2.24. The predicted molar refractivity (Wildman–Crippen MR) is 65.8 cm³/mol. The molecule has 1 N–H and O–H groups in total. The minimum Gasteiger partial charge on any atom is -0.211 e. The molecule has 6 heteroatoms. The van der Waals surface area contributed by atoms with E-state index in [0.29, 0.717) is 12.8 Å². The second-order valence-corrected chi connectivity index (χ2v) is 5.41. The quantitative estimate of drug-likeness (QED) is 0.783. The minimum absolute atomic E-state index is 0.168. The first-order chi connectivity index (χ1) is 8.60. The van der Waals surface area contributed by atoms with E-state index in [9.17, 15) is 8.42 Å². The van der Waals surface area contributed by atoms with Crippen LogP contribution in [0.1, 0.15) is 18.4 Å². The standard InChI is InChI=1S/C12H13N3O2S/c13-8-1-2-10-15-18(16,17)12-5-3-11(4-6-12)7-9-14/h3-6,15H,1-2,7,10H2. The van der Waals surface area contributed by atoms with Crippen molar-refractivity contribution in [1.29, 1.82) is 10.5 Å². The second-order valence-electron chi connectivity index (χ2n) is 3.64. The largest absolute Gasteiger partial charge is 0.240 e. The number of sulfonamides is 1. The third-order valence-corrected chi connectivity index (χ3v) is 3.75. The molecule has 5 nitrogen and oxygen atoms in total. The number of nitriles is 2. The number of benzene rings is 1. The van der Waals surface area contributed by atoms with Crippen LogP contribution in [0.4, 0.5) is 0 Å². The van der Waals surface area contributed by atoms with E-state index in [1.54, 1.807) is 12.1 Å². The van der Waals surface area contributed by atoms with E-state index in [4.69, 9.17) is 10.5 Å². The fourth-order valence-electron chi connectivity index (χ4n) is 1.34. The summed E-state index contributed by atoms with van der Waals surface area (Å²) < 4.78 is 26.0. The Hall–Kier alpha value is -1.89. The van der Waals surface area contributed by atoms with Crippen molar-refractivity contribution in [3.8, 4) is 12.1 Å². The smallest absolute Gasteiger partial charge is 0.211 e. The van der Waals surface area contributed by atoms with Crippen LogP contribution in [0.3, 0.4) is 0 Å². The lowest BCUT2D eigenvalue weighted by Gasteiger charge is -2.06. The zero-order valence-corrected chi connectivity index (χ0v) is 10.6. The number of nitrogens with zero attached hydrogens (tertiary/aromatic N) is 2. The highest BCUT2D eigenvalue weighted by molar-refractivity contribution is 7.89. The van der Waals surface area contributed by atoms with Crippen molar-refractivity contribution in [3.05, 3.63) is 29.8 Å². The van der Waals surface area contributed by atoms with E-state index in [0.717, 1.165) is 5.56 Å². The van der Waals surface area contributed by atoms with E-state index in [1.807, 2.05) is 12.1 Å². The van der Waals surface area contributed by atoms with Crippen LogP contribution in [0.15, 0.2) is 29.2 Å². The molecular formula is C12H13N3O2S. The van der Waals surface area contributed by atoms with Crippen molar-refractivity contribution >= 4 is 10.0 Å². The van der Waals surface area contributed by atoms with Crippen LogP contribution in [0, 0.1) is 22.7 Å². The van der Waals surface area contributed by atoms with Gasteiger partial charge in [0.05, 0.1) is 23.5 Å². The third kappa shape index (κ3) is 4.17. The molecular weight excluding hydrogens is 250 g/mol. The van der Waals surface area contributed by atoms with Gasteiger partial charge in [-0.2, -0.15) is 10.5 Å². The Morgan fingerprint density at radius 1 is 1.11 bits per heavy atom. The van der Waals surface area contributed by atoms with Gasteiger partial charge in [-0.3, -0.25) is 0 Å². The highest BCUT2D eigenvalue weighted by atomic mass is 32.2. The van der Waals surface area contributed by atoms with E-state index >= 15 is 0 Å². The number of unbranched alkanes of at least 4 members (excludes halogenated alkanes) is 1. The van der Waals surface area contributed by atoms with Crippen LogP contribution in [-0.2, 0) is 16.4 Å². The molecule has 0 heterocycles. The average molecular weight is 263 g/mol. The van der Waals surface area contributed by atoms with Crippen LogP contribution in [-0.4, -0.2) is 15.0 Å². The maximum atomic E-state index is 11.8. The molecule has 0 spiro atoms. The summed E-state index contributed by atoms with van der Waals surface area (Å²) in [7, 11) is -3.51. The highest BCUT2D eigenvalue weighted by Gasteiger charge is 2.12. The molecule has 0 bridgehead atoms. The normalized spacial score (nSPS) is 10.6. The zero-order valence-electron chi connectivity index (χ0n) is 9.76. The fourth-order valence-corrected chi connectivity index (χ4v) is 2.41. The summed E-state index contributed by atoms with van der Waals surface area (Å²) in [4.78, 5) is 0.168. The Morgan fingerprint density at radius 3 is 2.33 bits per heavy atom. The third-order valence-electron chi connectivity index (χ3n) is 2.27. The first-order valence-electron chi connectivity index (χ1n) is 5.42. The number of hydrogen-bond acceptors (Lipinski definition) is 4. The lowest BCUT2D eigenvalue weighted by molar-refractivity contribution is 0.579. The predicted octanol–water partition coefficient (Wildman–Crippen LogP) is 1.33. The van der Waals surface area contributed by atoms with E-state index in [1.165, 1.54) is 12.1 Å². The molecule has 18 heavy (non-hydrogen) atoms. The maximum absolute atomic E-state index is 11.8. The molecule has 0 radical (unpaired) electrons. The molecule has 0 unspecified atom stereocenters. The van der Waals surface area contributed by atoms with Crippen LogP contribution in [0.5, 0.6) is 0 Å². The van der Waals surface area contributed by atoms with Crippen LogP contribution >= 0.6 is 0 Å². The van der Waals surface area contributed by atoms with Crippen LogP contribution in [0.25, 0.3) is 0 Å². The zero-order chi connectivity index (χ0) is 13.4. The molecule has 0 saturated carbocycles. The molecule has 0 fully saturated rings. The monoisotopic (exact) mass is 263 g/mol. The minimum atomic E-state index is -3.51. The van der Waals surface area contributed by atoms with Gasteiger partial charge in [-0.15, -0.1) is 0 Å². The Balaban J connectivity index is 2.68. The first-order valence-corrected chi connectivity index (χ1v) is 6.91. The van der Waals surface area contributed by atoms with Gasteiger partial charge in [0.25, 0.3) is 0 Å². The van der Waals surface area contributed by atoms with Crippen LogP contribution in [0.2, 0.25) is 0 Å². The molecule has 94 valence electrons. The molecule has 0 aromatic heterocycles. The number of hydrogen-bond donors (Lipinski definition) is 1. The number of rotatable bonds is 6. The van der Waals surface area contributed by atoms with E-state index < -0.39 is 10.0 Å². The van der Waals surface area contributed by atoms with Gasteiger partial charge in [0.2, 0.25) is 10.0 Å². The topological polar surface area (TPSA) is 93.8 Å². The SMILES string of the molecule is N#CCCCNS(=O)(=O)c1ccc(CC#N)cc1. The molecule has 1 rings (SSSR count). The molecule has 0 atom stereocenters. The van der Waals surface area contributed by atoms with Gasteiger partial charge in [0.1, 0.15) is 0 Å². The first kappa shape index (κ1) is 14.2. The second kappa shape index (κ2) is 6.75. The van der Waals surface area contributed by atoms with Crippen molar-refractivity contribution in [1.82, 2.24) is 4.72 Å². The van der Waals surface area contributed by atoms with Gasteiger partial charge in [-0.1, -0.05) is 12.1 Å². The molecule has 0 aliphatic carbocycles. The molecule has 1 aromatic carbocycles. The summed E-state index contributed by atoms with van der Waals surface area (Å²) in [5, 5.41) is 16.8. The Morgan fingerprint density at radius 2 is 1.78 bits per heavy atom. The average Bonchev–Trinajstić information content (AvgIpc) is 2.36. The Bertz CT molecular complexity index is 565. The van der Waals surface area contributed by atoms with Crippen LogP contribution < -0.4 is 4.72 Å². The summed E-state index contributed by atoms with van der Waals surface area (Å²) in [6.45, 7) is 0.246. The highest BCUT2D eigenvalue weighted by Crippen LogP contribution is 2.10. The van der Waals surface area contributed by atoms with Gasteiger partial charge in [0, 0.05) is 13.0 Å². The van der Waals surface area contributed by atoms with Gasteiger partial charge in [0.15, 0.2) is 0 Å². The van der Waals surface area contributed by atoms with Gasteiger partial charge in [-0.05, 0) is 24.1 Å². The van der Waals surface area contributed by atoms with Crippen molar-refractivity contribution in [2.45, 2.75) is 24.2 Å². The molecule has 1 aromatic rings. The van der Waals surface area contributed by atoms with Gasteiger partial charge >= 0.3 is 0 Å². The summed E-state index contributed by atoms with van der Waals surface area (Å²) in [6, 6.07) is 10.1. The lowest BCUT2D eigenvalue weighted by atomic mass is 10.2. The molecule has 0 aliphatic heterocycles. The molecule has 0 saturated heterocycles. The Labute approximate surface area is 107 Å². The fraction of sp³-hybridized carbons (Fsp3) is 0.333. The van der Waals surface area contributed by atoms with Crippen molar-refractivity contribution in [3.63, 3.8) is 0 Å². The van der Waals surface area contributed by atoms with E-state index in [2.05, 4.69) is 4.72 Å². The number of nitrogens with one attached hydrogen (secondary N) is 1.